The Kier molecular flexibility index (Phi) is 3.22. The van der Waals surface area contributed by atoms with Crippen LogP contribution >= 0.6 is 0 Å². The molecule has 0 aromatic carbocycles. The average Bonchev–Trinajstić information content (AvgIpc) is 2.90. The first kappa shape index (κ1) is 12.0. The van der Waals surface area contributed by atoms with Crippen molar-refractivity contribution in [2.24, 2.45) is 11.8 Å². The molecule has 2 radical (unpaired) electrons. The summed E-state index contributed by atoms with van der Waals surface area (Å²) in [5, 5.41) is 10.6. The smallest absolute Gasteiger partial charge is 0.139 e. The van der Waals surface area contributed by atoms with Crippen LogP contribution in [0.2, 0.25) is 0 Å². The van der Waals surface area contributed by atoms with Crippen LogP contribution in [-0.4, -0.2) is 49.3 Å². The normalized spacial score (nSPS) is 42.3. The molecule has 3 aliphatic rings. The van der Waals surface area contributed by atoms with Crippen LogP contribution in [0.3, 0.4) is 0 Å². The zero-order chi connectivity index (χ0) is 11.9. The molecule has 0 spiro atoms. The first-order valence-corrected chi connectivity index (χ1v) is 7.06. The zero-order valence-electron chi connectivity index (χ0n) is 10.5. The van der Waals surface area contributed by atoms with Crippen LogP contribution in [0.5, 0.6) is 0 Å². The second-order valence-electron chi connectivity index (χ2n) is 5.99. The maximum Gasteiger partial charge on any atom is 0.139 e. The Hall–Kier alpha value is -0.0551. The number of ether oxygens (including phenoxy) is 1. The van der Waals surface area contributed by atoms with Gasteiger partial charge in [0.15, 0.2) is 0 Å². The Morgan fingerprint density at radius 2 is 1.76 bits per heavy atom. The summed E-state index contributed by atoms with van der Waals surface area (Å²) in [6, 6.07) is 0. The SMILES string of the molecule is [B]C(O)(C1CCCCO1)N1CC2CCCC2C1. The van der Waals surface area contributed by atoms with Crippen LogP contribution in [0.4, 0.5) is 0 Å². The lowest BCUT2D eigenvalue weighted by atomic mass is 9.80. The Morgan fingerprint density at radius 1 is 1.06 bits per heavy atom. The fraction of sp³-hybridized carbons (Fsp3) is 1.00. The van der Waals surface area contributed by atoms with Crippen molar-refractivity contribution in [2.75, 3.05) is 19.7 Å². The molecule has 17 heavy (non-hydrogen) atoms. The van der Waals surface area contributed by atoms with Gasteiger partial charge in [-0.1, -0.05) is 6.42 Å². The number of nitrogens with zero attached hydrogens (tertiary/aromatic N) is 1. The topological polar surface area (TPSA) is 32.7 Å². The molecular weight excluding hydrogens is 213 g/mol. The van der Waals surface area contributed by atoms with Gasteiger partial charge >= 0.3 is 0 Å². The van der Waals surface area contributed by atoms with Crippen LogP contribution < -0.4 is 0 Å². The van der Waals surface area contributed by atoms with Crippen LogP contribution in [0.1, 0.15) is 38.5 Å². The van der Waals surface area contributed by atoms with Crippen molar-refractivity contribution in [3.05, 3.63) is 0 Å². The van der Waals surface area contributed by atoms with E-state index in [1.807, 2.05) is 0 Å². The molecule has 0 aromatic rings. The standard InChI is InChI=1S/C13H22BNO2/c14-13(16,12-6-1-2-7-17-12)15-8-10-4-3-5-11(10)9-15/h10-12,16H,1-9H2. The highest BCUT2D eigenvalue weighted by molar-refractivity contribution is 6.14. The van der Waals surface area contributed by atoms with E-state index in [0.717, 1.165) is 50.8 Å². The summed E-state index contributed by atoms with van der Waals surface area (Å²) in [7, 11) is 6.16. The van der Waals surface area contributed by atoms with E-state index in [1.165, 1.54) is 19.3 Å². The van der Waals surface area contributed by atoms with Gasteiger partial charge in [0.2, 0.25) is 0 Å². The zero-order valence-corrected chi connectivity index (χ0v) is 10.5. The van der Waals surface area contributed by atoms with E-state index in [0.29, 0.717) is 0 Å². The molecule has 2 heterocycles. The largest absolute Gasteiger partial charge is 0.382 e. The summed E-state index contributed by atoms with van der Waals surface area (Å²) >= 11 is 0. The lowest BCUT2D eigenvalue weighted by molar-refractivity contribution is -0.152. The van der Waals surface area contributed by atoms with Crippen LogP contribution in [0, 0.1) is 11.8 Å². The second kappa shape index (κ2) is 4.56. The van der Waals surface area contributed by atoms with E-state index in [4.69, 9.17) is 12.6 Å². The molecule has 3 fully saturated rings. The van der Waals surface area contributed by atoms with E-state index >= 15 is 0 Å². The Morgan fingerprint density at radius 3 is 2.35 bits per heavy atom. The van der Waals surface area contributed by atoms with Crippen molar-refractivity contribution in [1.29, 1.82) is 0 Å². The minimum atomic E-state index is -1.25. The van der Waals surface area contributed by atoms with E-state index < -0.39 is 5.62 Å². The molecule has 3 rings (SSSR count). The lowest BCUT2D eigenvalue weighted by Gasteiger charge is -2.43. The molecule has 4 heteroatoms. The number of fused-ring (bicyclic) bond motifs is 1. The molecule has 0 aromatic heterocycles. The van der Waals surface area contributed by atoms with Gasteiger partial charge in [0, 0.05) is 19.7 Å². The predicted molar refractivity (Wildman–Crippen MR) is 66.7 cm³/mol. The van der Waals surface area contributed by atoms with Crippen molar-refractivity contribution in [1.82, 2.24) is 4.90 Å². The van der Waals surface area contributed by atoms with Gasteiger partial charge in [-0.15, -0.1) is 0 Å². The van der Waals surface area contributed by atoms with Crippen molar-refractivity contribution in [3.63, 3.8) is 0 Å². The molecule has 0 bridgehead atoms. The molecule has 3 nitrogen and oxygen atoms in total. The molecule has 4 atom stereocenters. The third kappa shape index (κ3) is 2.15. The second-order valence-corrected chi connectivity index (χ2v) is 5.99. The summed E-state index contributed by atoms with van der Waals surface area (Å²) in [6.45, 7) is 2.65. The third-order valence-corrected chi connectivity index (χ3v) is 4.89. The summed E-state index contributed by atoms with van der Waals surface area (Å²) in [4.78, 5) is 2.07. The number of likely N-dealkylation sites (tertiary alicyclic amines) is 1. The summed E-state index contributed by atoms with van der Waals surface area (Å²) in [5.74, 6) is 1.52. The van der Waals surface area contributed by atoms with Crippen molar-refractivity contribution in [3.8, 4) is 0 Å². The first-order valence-electron chi connectivity index (χ1n) is 7.06. The van der Waals surface area contributed by atoms with Gasteiger partial charge in [-0.3, -0.25) is 4.90 Å². The first-order chi connectivity index (χ1) is 8.18. The lowest BCUT2D eigenvalue weighted by Crippen LogP contribution is -2.58. The van der Waals surface area contributed by atoms with Crippen molar-refractivity contribution in [2.45, 2.75) is 50.3 Å². The molecule has 1 saturated carbocycles. The molecule has 0 amide bonds. The molecule has 1 aliphatic carbocycles. The highest BCUT2D eigenvalue weighted by Crippen LogP contribution is 2.40. The number of rotatable bonds is 2. The Labute approximate surface area is 105 Å². The fourth-order valence-electron chi connectivity index (χ4n) is 3.81. The highest BCUT2D eigenvalue weighted by Gasteiger charge is 2.46. The van der Waals surface area contributed by atoms with E-state index in [9.17, 15) is 5.11 Å². The summed E-state index contributed by atoms with van der Waals surface area (Å²) in [5.41, 5.74) is -1.25. The van der Waals surface area contributed by atoms with E-state index in [-0.39, 0.29) is 6.10 Å². The molecule has 4 unspecified atom stereocenters. The van der Waals surface area contributed by atoms with Crippen LogP contribution in [0.25, 0.3) is 0 Å². The molecule has 2 saturated heterocycles. The summed E-state index contributed by atoms with van der Waals surface area (Å²) in [6.07, 6.45) is 6.87. The highest BCUT2D eigenvalue weighted by atomic mass is 16.5. The van der Waals surface area contributed by atoms with Gasteiger partial charge in [-0.2, -0.15) is 0 Å². The van der Waals surface area contributed by atoms with Crippen molar-refractivity contribution >= 4 is 7.85 Å². The molecule has 1 N–H and O–H groups in total. The summed E-state index contributed by atoms with van der Waals surface area (Å²) < 4.78 is 5.66. The predicted octanol–water partition coefficient (Wildman–Crippen LogP) is 1.10. The average molecular weight is 235 g/mol. The van der Waals surface area contributed by atoms with Gasteiger partial charge in [0.05, 0.1) is 11.7 Å². The number of hydrogen-bond acceptors (Lipinski definition) is 3. The molecular formula is C13H22BNO2. The Balaban J connectivity index is 1.66. The van der Waals surface area contributed by atoms with Gasteiger partial charge < -0.3 is 9.84 Å². The minimum absolute atomic E-state index is 0.199. The van der Waals surface area contributed by atoms with Crippen LogP contribution in [-0.2, 0) is 4.74 Å². The quantitative estimate of drug-likeness (QED) is 0.727. The van der Waals surface area contributed by atoms with Gasteiger partial charge in [-0.05, 0) is 43.9 Å². The fourth-order valence-corrected chi connectivity index (χ4v) is 3.81. The number of aliphatic hydroxyl groups is 1. The maximum atomic E-state index is 10.6. The van der Waals surface area contributed by atoms with Crippen molar-refractivity contribution < 1.29 is 9.84 Å². The molecule has 2 aliphatic heterocycles. The van der Waals surface area contributed by atoms with Gasteiger partial charge in [0.1, 0.15) is 7.85 Å². The minimum Gasteiger partial charge on any atom is -0.382 e. The third-order valence-electron chi connectivity index (χ3n) is 4.89. The van der Waals surface area contributed by atoms with Gasteiger partial charge in [-0.25, -0.2) is 0 Å². The van der Waals surface area contributed by atoms with E-state index in [2.05, 4.69) is 4.90 Å². The molecule has 94 valence electrons. The van der Waals surface area contributed by atoms with Gasteiger partial charge in [0.25, 0.3) is 0 Å². The van der Waals surface area contributed by atoms with Crippen LogP contribution in [0.15, 0.2) is 0 Å². The Bertz CT molecular complexity index is 267. The maximum absolute atomic E-state index is 10.6. The monoisotopic (exact) mass is 235 g/mol. The van der Waals surface area contributed by atoms with E-state index in [1.54, 1.807) is 0 Å². The number of hydrogen-bond donors (Lipinski definition) is 1.